The zero-order chi connectivity index (χ0) is 6.97. The molecule has 0 amide bonds. The SMILES string of the molecule is OC[C@@H]1C=C[C@H]2CC=C[C@@H]12. The van der Waals surface area contributed by atoms with Crippen molar-refractivity contribution in [3.8, 4) is 0 Å². The quantitative estimate of drug-likeness (QED) is 0.539. The number of aliphatic hydroxyl groups is 1. The van der Waals surface area contributed by atoms with Crippen LogP contribution in [0.1, 0.15) is 6.42 Å². The average molecular weight is 136 g/mol. The van der Waals surface area contributed by atoms with E-state index in [4.69, 9.17) is 5.11 Å². The van der Waals surface area contributed by atoms with Crippen LogP contribution in [0.4, 0.5) is 0 Å². The largest absolute Gasteiger partial charge is 0.396 e. The molecule has 0 saturated heterocycles. The van der Waals surface area contributed by atoms with E-state index in [1.165, 1.54) is 6.42 Å². The third-order valence-electron chi connectivity index (χ3n) is 2.57. The van der Waals surface area contributed by atoms with Crippen molar-refractivity contribution in [2.75, 3.05) is 6.61 Å². The summed E-state index contributed by atoms with van der Waals surface area (Å²) in [6.45, 7) is 0.308. The van der Waals surface area contributed by atoms with Crippen LogP contribution >= 0.6 is 0 Å². The summed E-state index contributed by atoms with van der Waals surface area (Å²) in [5.41, 5.74) is 0. The third kappa shape index (κ3) is 0.739. The van der Waals surface area contributed by atoms with Gasteiger partial charge in [0.2, 0.25) is 0 Å². The lowest BCUT2D eigenvalue weighted by molar-refractivity contribution is 0.222. The van der Waals surface area contributed by atoms with Crippen LogP contribution < -0.4 is 0 Å². The summed E-state index contributed by atoms with van der Waals surface area (Å²) in [6, 6.07) is 0. The first-order valence-electron chi connectivity index (χ1n) is 3.87. The van der Waals surface area contributed by atoms with Gasteiger partial charge in [-0.1, -0.05) is 24.3 Å². The minimum atomic E-state index is 0.308. The van der Waals surface area contributed by atoms with Crippen molar-refractivity contribution >= 4 is 0 Å². The number of fused-ring (bicyclic) bond motifs is 1. The zero-order valence-corrected chi connectivity index (χ0v) is 5.90. The second kappa shape index (κ2) is 2.24. The first-order chi connectivity index (χ1) is 4.92. The van der Waals surface area contributed by atoms with Gasteiger partial charge in [-0.2, -0.15) is 0 Å². The summed E-state index contributed by atoms with van der Waals surface area (Å²) in [6.07, 6.45) is 10.0. The van der Waals surface area contributed by atoms with Crippen molar-refractivity contribution in [1.29, 1.82) is 0 Å². The van der Waals surface area contributed by atoms with E-state index in [2.05, 4.69) is 24.3 Å². The van der Waals surface area contributed by atoms with E-state index in [-0.39, 0.29) is 0 Å². The van der Waals surface area contributed by atoms with Crippen LogP contribution in [0.5, 0.6) is 0 Å². The lowest BCUT2D eigenvalue weighted by atomic mass is 9.92. The van der Waals surface area contributed by atoms with Crippen LogP contribution in [-0.4, -0.2) is 11.7 Å². The van der Waals surface area contributed by atoms with E-state index in [1.807, 2.05) is 0 Å². The molecule has 0 radical (unpaired) electrons. The number of aliphatic hydroxyl groups excluding tert-OH is 1. The molecule has 0 aliphatic heterocycles. The maximum absolute atomic E-state index is 8.93. The molecule has 0 fully saturated rings. The van der Waals surface area contributed by atoms with E-state index >= 15 is 0 Å². The van der Waals surface area contributed by atoms with Gasteiger partial charge in [0.15, 0.2) is 0 Å². The van der Waals surface area contributed by atoms with Crippen molar-refractivity contribution in [2.45, 2.75) is 6.42 Å². The summed E-state index contributed by atoms with van der Waals surface area (Å²) in [5, 5.41) is 8.93. The minimum absolute atomic E-state index is 0.308. The molecule has 10 heavy (non-hydrogen) atoms. The van der Waals surface area contributed by atoms with Gasteiger partial charge in [0, 0.05) is 12.5 Å². The van der Waals surface area contributed by atoms with Gasteiger partial charge in [0.1, 0.15) is 0 Å². The van der Waals surface area contributed by atoms with E-state index in [9.17, 15) is 0 Å². The Morgan fingerprint density at radius 1 is 1.30 bits per heavy atom. The lowest BCUT2D eigenvalue weighted by Gasteiger charge is -2.14. The Bertz CT molecular complexity index is 181. The van der Waals surface area contributed by atoms with E-state index in [0.717, 1.165) is 0 Å². The fourth-order valence-corrected chi connectivity index (χ4v) is 1.96. The second-order valence-corrected chi connectivity index (χ2v) is 3.14. The molecule has 2 aliphatic rings. The fourth-order valence-electron chi connectivity index (χ4n) is 1.96. The van der Waals surface area contributed by atoms with Gasteiger partial charge in [0.05, 0.1) is 0 Å². The molecule has 1 heteroatoms. The Hall–Kier alpha value is -0.560. The molecule has 1 nitrogen and oxygen atoms in total. The summed E-state index contributed by atoms with van der Waals surface area (Å²) >= 11 is 0. The number of hydrogen-bond acceptors (Lipinski definition) is 1. The Morgan fingerprint density at radius 2 is 2.20 bits per heavy atom. The maximum atomic E-state index is 8.93. The molecule has 0 aromatic rings. The van der Waals surface area contributed by atoms with Gasteiger partial charge in [-0.05, 0) is 18.3 Å². The predicted molar refractivity (Wildman–Crippen MR) is 40.5 cm³/mol. The highest BCUT2D eigenvalue weighted by atomic mass is 16.3. The molecule has 2 rings (SSSR count). The second-order valence-electron chi connectivity index (χ2n) is 3.14. The molecule has 0 bridgehead atoms. The third-order valence-corrected chi connectivity index (χ3v) is 2.57. The van der Waals surface area contributed by atoms with Crippen LogP contribution in [0.25, 0.3) is 0 Å². The molecule has 0 spiro atoms. The Balaban J connectivity index is 2.13. The molecule has 0 aromatic heterocycles. The monoisotopic (exact) mass is 136 g/mol. The first kappa shape index (κ1) is 6.17. The minimum Gasteiger partial charge on any atom is -0.396 e. The van der Waals surface area contributed by atoms with Crippen LogP contribution in [0.2, 0.25) is 0 Å². The number of hydrogen-bond donors (Lipinski definition) is 1. The maximum Gasteiger partial charge on any atom is 0.0499 e. The van der Waals surface area contributed by atoms with Crippen molar-refractivity contribution in [2.24, 2.45) is 17.8 Å². The summed E-state index contributed by atoms with van der Waals surface area (Å²) < 4.78 is 0. The lowest BCUT2D eigenvalue weighted by Crippen LogP contribution is -2.12. The highest BCUT2D eigenvalue weighted by Crippen LogP contribution is 2.38. The Labute approximate surface area is 61.1 Å². The molecule has 54 valence electrons. The van der Waals surface area contributed by atoms with Crippen LogP contribution in [0, 0.1) is 17.8 Å². The van der Waals surface area contributed by atoms with Gasteiger partial charge in [-0.15, -0.1) is 0 Å². The van der Waals surface area contributed by atoms with Crippen LogP contribution in [0.3, 0.4) is 0 Å². The standard InChI is InChI=1S/C9H12O/c10-6-8-5-4-7-2-1-3-9(7)8/h1,3-5,7-10H,2,6H2/t7-,8+,9-/m1/s1. The van der Waals surface area contributed by atoms with Crippen LogP contribution in [-0.2, 0) is 0 Å². The van der Waals surface area contributed by atoms with Crippen molar-refractivity contribution in [1.82, 2.24) is 0 Å². The van der Waals surface area contributed by atoms with Gasteiger partial charge in [-0.25, -0.2) is 0 Å². The van der Waals surface area contributed by atoms with Gasteiger partial charge in [-0.3, -0.25) is 0 Å². The first-order valence-corrected chi connectivity index (χ1v) is 3.87. The van der Waals surface area contributed by atoms with Gasteiger partial charge in [0.25, 0.3) is 0 Å². The Morgan fingerprint density at radius 3 is 3.00 bits per heavy atom. The average Bonchev–Trinajstić information content (AvgIpc) is 2.44. The number of rotatable bonds is 1. The molecular weight excluding hydrogens is 124 g/mol. The molecule has 0 aromatic carbocycles. The molecule has 0 unspecified atom stereocenters. The smallest absolute Gasteiger partial charge is 0.0499 e. The van der Waals surface area contributed by atoms with E-state index < -0.39 is 0 Å². The van der Waals surface area contributed by atoms with Gasteiger partial charge >= 0.3 is 0 Å². The summed E-state index contributed by atoms with van der Waals surface area (Å²) in [5.74, 6) is 1.73. The molecule has 1 N–H and O–H groups in total. The molecular formula is C9H12O. The summed E-state index contributed by atoms with van der Waals surface area (Å²) in [4.78, 5) is 0. The fraction of sp³-hybridized carbons (Fsp3) is 0.556. The molecule has 3 atom stereocenters. The number of allylic oxidation sites excluding steroid dienone is 3. The van der Waals surface area contributed by atoms with Crippen molar-refractivity contribution in [3.05, 3.63) is 24.3 Å². The van der Waals surface area contributed by atoms with Crippen molar-refractivity contribution in [3.63, 3.8) is 0 Å². The van der Waals surface area contributed by atoms with Gasteiger partial charge < -0.3 is 5.11 Å². The van der Waals surface area contributed by atoms with Crippen LogP contribution in [0.15, 0.2) is 24.3 Å². The molecule has 2 aliphatic carbocycles. The Kier molecular flexibility index (Phi) is 1.38. The molecule has 0 heterocycles. The highest BCUT2D eigenvalue weighted by Gasteiger charge is 2.30. The predicted octanol–water partition coefficient (Wildman–Crippen LogP) is 1.36. The topological polar surface area (TPSA) is 20.2 Å². The highest BCUT2D eigenvalue weighted by molar-refractivity contribution is 5.18. The molecule has 0 saturated carbocycles. The summed E-state index contributed by atoms with van der Waals surface area (Å²) in [7, 11) is 0. The normalized spacial score (nSPS) is 42.7. The zero-order valence-electron chi connectivity index (χ0n) is 5.90. The van der Waals surface area contributed by atoms with E-state index in [0.29, 0.717) is 24.4 Å². The van der Waals surface area contributed by atoms with Crippen molar-refractivity contribution < 1.29 is 5.11 Å². The van der Waals surface area contributed by atoms with E-state index in [1.54, 1.807) is 0 Å².